The van der Waals surface area contributed by atoms with Gasteiger partial charge < -0.3 is 10.7 Å². The number of hydrogen-bond donors (Lipinski definition) is 2. The first-order valence-corrected chi connectivity index (χ1v) is 7.90. The predicted molar refractivity (Wildman–Crippen MR) is 99.8 cm³/mol. The fourth-order valence-corrected chi connectivity index (χ4v) is 2.49. The van der Waals surface area contributed by atoms with E-state index >= 15 is 0 Å². The minimum atomic E-state index is -0.0692. The first kappa shape index (κ1) is 16.5. The molecule has 0 aliphatic carbocycles. The molecule has 5 heteroatoms. The van der Waals surface area contributed by atoms with Crippen LogP contribution in [0, 0.1) is 12.3 Å². The lowest BCUT2D eigenvalue weighted by Gasteiger charge is -2.11. The summed E-state index contributed by atoms with van der Waals surface area (Å²) < 4.78 is 0. The average molecular weight is 330 g/mol. The van der Waals surface area contributed by atoms with Crippen LogP contribution in [-0.4, -0.2) is 22.0 Å². The third-order valence-corrected chi connectivity index (χ3v) is 3.77. The van der Waals surface area contributed by atoms with Crippen molar-refractivity contribution in [3.05, 3.63) is 71.5 Å². The van der Waals surface area contributed by atoms with Crippen LogP contribution in [0.25, 0.3) is 11.3 Å². The molecule has 124 valence electrons. The Morgan fingerprint density at radius 1 is 1.08 bits per heavy atom. The normalized spacial score (nSPS) is 10.3. The lowest BCUT2D eigenvalue weighted by atomic mass is 10.1. The topological polar surface area (TPSA) is 78.7 Å². The molecule has 0 radical (unpaired) electrons. The van der Waals surface area contributed by atoms with E-state index in [1.54, 1.807) is 6.07 Å². The number of carbonyl (C=O) groups excluding carboxylic acids is 1. The van der Waals surface area contributed by atoms with Crippen molar-refractivity contribution in [1.29, 1.82) is 5.41 Å². The van der Waals surface area contributed by atoms with E-state index in [9.17, 15) is 4.79 Å². The molecule has 2 N–H and O–H groups in total. The average Bonchev–Trinajstić information content (AvgIpc) is 2.62. The maximum atomic E-state index is 11.6. The Morgan fingerprint density at radius 2 is 1.88 bits per heavy atom. The van der Waals surface area contributed by atoms with Crippen molar-refractivity contribution in [3.63, 3.8) is 0 Å². The number of aromatic nitrogens is 2. The molecule has 0 aliphatic heterocycles. The Hall–Kier alpha value is -3.34. The van der Waals surface area contributed by atoms with Gasteiger partial charge in [-0.15, -0.1) is 0 Å². The Labute approximate surface area is 146 Å². The fourth-order valence-electron chi connectivity index (χ4n) is 2.49. The molecule has 3 rings (SSSR count). The van der Waals surface area contributed by atoms with E-state index < -0.39 is 0 Å². The standard InChI is InChI=1S/C20H18N4O/c1-13-5-3-8-20(22-13)24-19-11-15(9-10-16(19)12-21)18-7-4-6-17(23-18)14(2)25/h3-12,21H,1-2H3,(H,22,24). The van der Waals surface area contributed by atoms with Crippen LogP contribution in [0.4, 0.5) is 11.5 Å². The minimum Gasteiger partial charge on any atom is -0.340 e. The van der Waals surface area contributed by atoms with Gasteiger partial charge in [0.1, 0.15) is 11.5 Å². The Kier molecular flexibility index (Phi) is 4.66. The molecular formula is C20H18N4O. The number of nitrogens with one attached hydrogen (secondary N) is 2. The van der Waals surface area contributed by atoms with Crippen molar-refractivity contribution in [2.75, 3.05) is 5.32 Å². The summed E-state index contributed by atoms with van der Waals surface area (Å²) in [6.45, 7) is 3.43. The van der Waals surface area contributed by atoms with Crippen LogP contribution in [0.15, 0.2) is 54.6 Å². The zero-order chi connectivity index (χ0) is 17.8. The van der Waals surface area contributed by atoms with Crippen molar-refractivity contribution in [3.8, 4) is 11.3 Å². The summed E-state index contributed by atoms with van der Waals surface area (Å²) in [6, 6.07) is 16.8. The smallest absolute Gasteiger partial charge is 0.178 e. The van der Waals surface area contributed by atoms with Gasteiger partial charge in [-0.3, -0.25) is 4.79 Å². The maximum Gasteiger partial charge on any atom is 0.178 e. The second-order valence-corrected chi connectivity index (χ2v) is 5.70. The van der Waals surface area contributed by atoms with Gasteiger partial charge in [-0.2, -0.15) is 0 Å². The molecule has 0 fully saturated rings. The van der Waals surface area contributed by atoms with E-state index in [2.05, 4.69) is 15.3 Å². The highest BCUT2D eigenvalue weighted by atomic mass is 16.1. The first-order valence-electron chi connectivity index (χ1n) is 7.90. The molecule has 0 spiro atoms. The number of pyridine rings is 2. The third kappa shape index (κ3) is 3.77. The highest BCUT2D eigenvalue weighted by Crippen LogP contribution is 2.26. The summed E-state index contributed by atoms with van der Waals surface area (Å²) in [6.07, 6.45) is 1.29. The second kappa shape index (κ2) is 7.05. The Bertz CT molecular complexity index is 950. The molecule has 25 heavy (non-hydrogen) atoms. The van der Waals surface area contributed by atoms with Gasteiger partial charge >= 0.3 is 0 Å². The first-order chi connectivity index (χ1) is 12.1. The van der Waals surface area contributed by atoms with Crippen LogP contribution in [-0.2, 0) is 0 Å². The number of aryl methyl sites for hydroxylation is 1. The molecule has 2 heterocycles. The Morgan fingerprint density at radius 3 is 2.60 bits per heavy atom. The molecule has 0 atom stereocenters. The zero-order valence-corrected chi connectivity index (χ0v) is 14.1. The van der Waals surface area contributed by atoms with Crippen LogP contribution >= 0.6 is 0 Å². The SMILES string of the molecule is CC(=O)c1cccc(-c2ccc(C=N)c(Nc3cccc(C)n3)c2)n1. The van der Waals surface area contributed by atoms with Gasteiger partial charge in [0.2, 0.25) is 0 Å². The number of anilines is 2. The van der Waals surface area contributed by atoms with Crippen LogP contribution in [0.3, 0.4) is 0 Å². The van der Waals surface area contributed by atoms with Gasteiger partial charge in [0, 0.05) is 35.6 Å². The lowest BCUT2D eigenvalue weighted by Crippen LogP contribution is -2.00. The summed E-state index contributed by atoms with van der Waals surface area (Å²) in [4.78, 5) is 20.4. The summed E-state index contributed by atoms with van der Waals surface area (Å²) >= 11 is 0. The predicted octanol–water partition coefficient (Wildman–Crippen LogP) is 4.40. The van der Waals surface area contributed by atoms with Gasteiger partial charge in [0.05, 0.1) is 5.69 Å². The quantitative estimate of drug-likeness (QED) is 0.537. The van der Waals surface area contributed by atoms with E-state index in [0.717, 1.165) is 22.5 Å². The van der Waals surface area contributed by atoms with Crippen molar-refractivity contribution in [2.45, 2.75) is 13.8 Å². The van der Waals surface area contributed by atoms with E-state index in [1.807, 2.05) is 55.5 Å². The Balaban J connectivity index is 2.01. The molecule has 0 bridgehead atoms. The third-order valence-electron chi connectivity index (χ3n) is 3.77. The maximum absolute atomic E-state index is 11.6. The number of carbonyl (C=O) groups is 1. The summed E-state index contributed by atoms with van der Waals surface area (Å²) in [5.41, 5.74) is 4.43. The molecule has 0 saturated carbocycles. The summed E-state index contributed by atoms with van der Waals surface area (Å²) in [5, 5.41) is 10.9. The van der Waals surface area contributed by atoms with Crippen LogP contribution in [0.5, 0.6) is 0 Å². The van der Waals surface area contributed by atoms with Crippen molar-refractivity contribution in [1.82, 2.24) is 9.97 Å². The molecule has 0 unspecified atom stereocenters. The summed E-state index contributed by atoms with van der Waals surface area (Å²) in [7, 11) is 0. The molecule has 0 aliphatic rings. The van der Waals surface area contributed by atoms with E-state index in [-0.39, 0.29) is 5.78 Å². The molecule has 0 saturated heterocycles. The highest BCUT2D eigenvalue weighted by Gasteiger charge is 2.08. The highest BCUT2D eigenvalue weighted by molar-refractivity contribution is 5.93. The van der Waals surface area contributed by atoms with Crippen LogP contribution in [0.2, 0.25) is 0 Å². The largest absolute Gasteiger partial charge is 0.340 e. The summed E-state index contributed by atoms with van der Waals surface area (Å²) in [5.74, 6) is 0.644. The number of nitrogens with zero attached hydrogens (tertiary/aromatic N) is 2. The van der Waals surface area contributed by atoms with Gasteiger partial charge in [0.15, 0.2) is 5.78 Å². The molecule has 2 aromatic heterocycles. The monoisotopic (exact) mass is 330 g/mol. The van der Waals surface area contributed by atoms with Crippen LogP contribution < -0.4 is 5.32 Å². The number of rotatable bonds is 5. The lowest BCUT2D eigenvalue weighted by molar-refractivity contribution is 0.101. The number of hydrogen-bond acceptors (Lipinski definition) is 5. The van der Waals surface area contributed by atoms with Gasteiger partial charge in [-0.1, -0.05) is 24.3 Å². The molecule has 5 nitrogen and oxygen atoms in total. The van der Waals surface area contributed by atoms with Gasteiger partial charge in [-0.05, 0) is 37.3 Å². The molecule has 0 amide bonds. The van der Waals surface area contributed by atoms with Gasteiger partial charge in [0.25, 0.3) is 0 Å². The fraction of sp³-hybridized carbons (Fsp3) is 0.100. The van der Waals surface area contributed by atoms with Crippen molar-refractivity contribution < 1.29 is 4.79 Å². The second-order valence-electron chi connectivity index (χ2n) is 5.70. The van der Waals surface area contributed by atoms with Crippen LogP contribution in [0.1, 0.15) is 28.7 Å². The number of ketones is 1. The minimum absolute atomic E-state index is 0.0692. The van der Waals surface area contributed by atoms with Gasteiger partial charge in [-0.25, -0.2) is 9.97 Å². The molecule has 1 aromatic carbocycles. The van der Waals surface area contributed by atoms with Crippen molar-refractivity contribution >= 4 is 23.5 Å². The zero-order valence-electron chi connectivity index (χ0n) is 14.1. The number of benzene rings is 1. The molecular weight excluding hydrogens is 312 g/mol. The van der Waals surface area contributed by atoms with E-state index in [0.29, 0.717) is 17.2 Å². The number of Topliss-reactive ketones (excluding diaryl/α,β-unsaturated/α-hetero) is 1. The van der Waals surface area contributed by atoms with Crippen molar-refractivity contribution in [2.24, 2.45) is 0 Å². The van der Waals surface area contributed by atoms with E-state index in [1.165, 1.54) is 13.1 Å². The van der Waals surface area contributed by atoms with E-state index in [4.69, 9.17) is 5.41 Å². The molecule has 3 aromatic rings.